The number of aliphatic hydroxyl groups is 2. The summed E-state index contributed by atoms with van der Waals surface area (Å²) in [5.74, 6) is 0. The van der Waals surface area contributed by atoms with E-state index in [0.717, 1.165) is 0 Å². The Labute approximate surface area is 143 Å². The molecule has 4 atom stereocenters. The third-order valence-corrected chi connectivity index (χ3v) is 5.02. The predicted molar refractivity (Wildman–Crippen MR) is 90.1 cm³/mol. The normalized spacial score (nSPS) is 20.2. The first kappa shape index (κ1) is 22.5. The van der Waals surface area contributed by atoms with Crippen LogP contribution in [0.4, 0.5) is 9.59 Å². The van der Waals surface area contributed by atoms with E-state index in [2.05, 4.69) is 10.6 Å². The van der Waals surface area contributed by atoms with E-state index in [0.29, 0.717) is 0 Å². The maximum Gasteiger partial charge on any atom is 0.405 e. The largest absolute Gasteiger partial charge is 0.465 e. The van der Waals surface area contributed by atoms with Gasteiger partial charge in [-0.2, -0.15) is 0 Å². The van der Waals surface area contributed by atoms with Gasteiger partial charge >= 0.3 is 12.2 Å². The number of hydrogen-bond donors (Lipinski definition) is 6. The summed E-state index contributed by atoms with van der Waals surface area (Å²) in [6, 6.07) is -1.02. The minimum absolute atomic E-state index is 0.794. The van der Waals surface area contributed by atoms with Crippen LogP contribution in [0, 0.1) is 10.8 Å². The highest BCUT2D eigenvalue weighted by Crippen LogP contribution is 2.49. The first-order valence-corrected chi connectivity index (χ1v) is 7.83. The Balaban J connectivity index is 6.41. The van der Waals surface area contributed by atoms with E-state index in [-0.39, 0.29) is 0 Å². The average Bonchev–Trinajstić information content (AvgIpc) is 2.31. The SMILES string of the molecule is CC(NC(=O)O)C(O)C(O)(C(C)(C)C)C(C)(NC(=O)O)C(C)(C)C. The number of carbonyl (C=O) groups is 2. The van der Waals surface area contributed by atoms with Gasteiger partial charge in [0.05, 0.1) is 11.6 Å². The third kappa shape index (κ3) is 3.92. The zero-order valence-electron chi connectivity index (χ0n) is 15.8. The molecule has 24 heavy (non-hydrogen) atoms. The molecule has 8 nitrogen and oxygen atoms in total. The minimum Gasteiger partial charge on any atom is -0.465 e. The molecule has 0 radical (unpaired) electrons. The van der Waals surface area contributed by atoms with E-state index in [1.165, 1.54) is 13.8 Å². The molecular formula is C16H32N2O6. The van der Waals surface area contributed by atoms with Gasteiger partial charge in [0.25, 0.3) is 0 Å². The molecular weight excluding hydrogens is 316 g/mol. The minimum atomic E-state index is -1.99. The standard InChI is InChI=1S/C16H32N2O6/c1-9(17-11(20)21)10(19)16(24,14(5,6)7)15(8,13(2,3)4)18-12(22)23/h9-10,17-19,24H,1-8H3,(H,20,21)(H,22,23). The molecule has 0 aromatic rings. The van der Waals surface area contributed by atoms with Crippen LogP contribution in [-0.2, 0) is 0 Å². The Morgan fingerprint density at radius 2 is 1.29 bits per heavy atom. The second-order valence-electron chi connectivity index (χ2n) is 8.50. The van der Waals surface area contributed by atoms with Gasteiger partial charge in [-0.15, -0.1) is 0 Å². The number of hydrogen-bond acceptors (Lipinski definition) is 4. The van der Waals surface area contributed by atoms with E-state index >= 15 is 0 Å². The maximum atomic E-state index is 11.6. The lowest BCUT2D eigenvalue weighted by Crippen LogP contribution is -2.78. The molecule has 0 aliphatic carbocycles. The van der Waals surface area contributed by atoms with E-state index < -0.39 is 46.3 Å². The van der Waals surface area contributed by atoms with Gasteiger partial charge in [-0.05, 0) is 24.7 Å². The Morgan fingerprint density at radius 1 is 0.875 bits per heavy atom. The van der Waals surface area contributed by atoms with Gasteiger partial charge in [-0.3, -0.25) is 0 Å². The number of aliphatic hydroxyl groups excluding tert-OH is 1. The summed E-state index contributed by atoms with van der Waals surface area (Å²) in [6.07, 6.45) is -4.26. The third-order valence-electron chi connectivity index (χ3n) is 5.02. The van der Waals surface area contributed by atoms with Crippen molar-refractivity contribution in [3.8, 4) is 0 Å². The molecule has 0 aliphatic rings. The lowest BCUT2D eigenvalue weighted by Gasteiger charge is -2.60. The van der Waals surface area contributed by atoms with E-state index in [1.807, 2.05) is 0 Å². The Hall–Kier alpha value is -1.54. The van der Waals surface area contributed by atoms with Crippen LogP contribution in [0.5, 0.6) is 0 Å². The van der Waals surface area contributed by atoms with Crippen LogP contribution in [0.15, 0.2) is 0 Å². The van der Waals surface area contributed by atoms with Crippen molar-refractivity contribution in [2.45, 2.75) is 78.7 Å². The fraction of sp³-hybridized carbons (Fsp3) is 0.875. The fourth-order valence-corrected chi connectivity index (χ4v) is 3.19. The number of amides is 2. The van der Waals surface area contributed by atoms with Crippen molar-refractivity contribution in [1.29, 1.82) is 0 Å². The van der Waals surface area contributed by atoms with Crippen LogP contribution in [-0.4, -0.2) is 55.9 Å². The van der Waals surface area contributed by atoms with Crippen LogP contribution in [0.3, 0.4) is 0 Å². The van der Waals surface area contributed by atoms with Gasteiger partial charge in [0.15, 0.2) is 0 Å². The van der Waals surface area contributed by atoms with Gasteiger partial charge in [-0.25, -0.2) is 9.59 Å². The van der Waals surface area contributed by atoms with Crippen molar-refractivity contribution in [3.63, 3.8) is 0 Å². The molecule has 0 rings (SSSR count). The van der Waals surface area contributed by atoms with Gasteiger partial charge in [0, 0.05) is 0 Å². The first-order chi connectivity index (χ1) is 10.4. The van der Waals surface area contributed by atoms with Crippen molar-refractivity contribution < 1.29 is 30.0 Å². The molecule has 0 fully saturated rings. The zero-order valence-corrected chi connectivity index (χ0v) is 15.8. The molecule has 2 amide bonds. The van der Waals surface area contributed by atoms with E-state index in [4.69, 9.17) is 5.11 Å². The summed E-state index contributed by atoms with van der Waals surface area (Å²) in [6.45, 7) is 13.1. The van der Waals surface area contributed by atoms with Crippen molar-refractivity contribution in [3.05, 3.63) is 0 Å². The molecule has 0 bridgehead atoms. The summed E-state index contributed by atoms with van der Waals surface area (Å²) in [4.78, 5) is 22.3. The fourth-order valence-electron chi connectivity index (χ4n) is 3.19. The molecule has 4 unspecified atom stereocenters. The second-order valence-corrected chi connectivity index (χ2v) is 8.50. The average molecular weight is 348 g/mol. The van der Waals surface area contributed by atoms with Crippen molar-refractivity contribution in [2.75, 3.05) is 0 Å². The molecule has 6 N–H and O–H groups in total. The quantitative estimate of drug-likeness (QED) is 0.448. The monoisotopic (exact) mass is 348 g/mol. The highest BCUT2D eigenvalue weighted by Gasteiger charge is 2.64. The van der Waals surface area contributed by atoms with Crippen molar-refractivity contribution in [1.82, 2.24) is 10.6 Å². The number of carboxylic acid groups (broad SMARTS) is 2. The van der Waals surface area contributed by atoms with Crippen LogP contribution < -0.4 is 10.6 Å². The van der Waals surface area contributed by atoms with Gasteiger partial charge < -0.3 is 31.1 Å². The van der Waals surface area contributed by atoms with Crippen LogP contribution in [0.25, 0.3) is 0 Å². The Morgan fingerprint density at radius 3 is 1.54 bits per heavy atom. The van der Waals surface area contributed by atoms with Gasteiger partial charge in [0.1, 0.15) is 11.7 Å². The zero-order chi connectivity index (χ0) is 19.7. The summed E-state index contributed by atoms with van der Waals surface area (Å²) in [5.41, 5.74) is -5.25. The molecule has 0 aromatic heterocycles. The van der Waals surface area contributed by atoms with Crippen LogP contribution >= 0.6 is 0 Å². The number of rotatable bonds is 5. The van der Waals surface area contributed by atoms with Crippen molar-refractivity contribution >= 4 is 12.2 Å². The van der Waals surface area contributed by atoms with Crippen molar-refractivity contribution in [2.24, 2.45) is 10.8 Å². The molecule has 0 saturated carbocycles. The molecule has 8 heteroatoms. The highest BCUT2D eigenvalue weighted by molar-refractivity contribution is 5.66. The summed E-state index contributed by atoms with van der Waals surface area (Å²) < 4.78 is 0. The topological polar surface area (TPSA) is 139 Å². The second kappa shape index (κ2) is 6.76. The van der Waals surface area contributed by atoms with Gasteiger partial charge in [-0.1, -0.05) is 41.5 Å². The Bertz CT molecular complexity index is 482. The van der Waals surface area contributed by atoms with E-state index in [9.17, 15) is 24.9 Å². The number of nitrogens with one attached hydrogen (secondary N) is 2. The lowest BCUT2D eigenvalue weighted by atomic mass is 9.54. The molecule has 0 spiro atoms. The van der Waals surface area contributed by atoms with Gasteiger partial charge in [0.2, 0.25) is 0 Å². The van der Waals surface area contributed by atoms with E-state index in [1.54, 1.807) is 41.5 Å². The maximum absolute atomic E-state index is 11.6. The summed E-state index contributed by atoms with van der Waals surface area (Å²) in [7, 11) is 0. The van der Waals surface area contributed by atoms with Crippen LogP contribution in [0.2, 0.25) is 0 Å². The predicted octanol–water partition coefficient (Wildman–Crippen LogP) is 1.85. The molecule has 142 valence electrons. The summed E-state index contributed by atoms with van der Waals surface area (Å²) in [5, 5.41) is 45.1. The van der Waals surface area contributed by atoms with Crippen LogP contribution in [0.1, 0.15) is 55.4 Å². The molecule has 0 heterocycles. The Kier molecular flexibility index (Phi) is 6.32. The lowest BCUT2D eigenvalue weighted by molar-refractivity contribution is -0.217. The molecule has 0 aliphatic heterocycles. The molecule has 0 aromatic carbocycles. The smallest absolute Gasteiger partial charge is 0.405 e. The molecule has 0 saturated heterocycles. The highest BCUT2D eigenvalue weighted by atomic mass is 16.4. The summed E-state index contributed by atoms with van der Waals surface area (Å²) >= 11 is 0. The first-order valence-electron chi connectivity index (χ1n) is 7.83.